The van der Waals surface area contributed by atoms with E-state index < -0.39 is 0 Å². The van der Waals surface area contributed by atoms with Crippen LogP contribution in [0.15, 0.2) is 45.3 Å². The van der Waals surface area contributed by atoms with Crippen LogP contribution in [0.2, 0.25) is 0 Å². The molecule has 0 spiro atoms. The van der Waals surface area contributed by atoms with Crippen LogP contribution in [0.4, 0.5) is 11.7 Å². The van der Waals surface area contributed by atoms with E-state index in [9.17, 15) is 0 Å². The van der Waals surface area contributed by atoms with Gasteiger partial charge < -0.3 is 15.5 Å². The van der Waals surface area contributed by atoms with Gasteiger partial charge >= 0.3 is 6.01 Å². The van der Waals surface area contributed by atoms with Gasteiger partial charge in [-0.2, -0.15) is 0 Å². The topological polar surface area (TPSA) is 77.0 Å². The van der Waals surface area contributed by atoms with E-state index in [0.29, 0.717) is 11.9 Å². The van der Waals surface area contributed by atoms with Crippen molar-refractivity contribution in [3.8, 4) is 0 Å². The second-order valence-corrected chi connectivity index (χ2v) is 5.35. The van der Waals surface area contributed by atoms with Crippen LogP contribution < -0.4 is 11.1 Å². The standard InChI is InChI=1S/C14H13BrN4O/c1-8(16)13-18-19-14(20-13)17-12-7-6-11(15)9-4-2-3-5-10(9)12/h2-8H,16H2,1H3,(H,17,19). The molecule has 3 N–H and O–H groups in total. The number of benzene rings is 2. The van der Waals surface area contributed by atoms with E-state index >= 15 is 0 Å². The molecule has 0 aliphatic rings. The van der Waals surface area contributed by atoms with Crippen molar-refractivity contribution in [3.63, 3.8) is 0 Å². The Labute approximate surface area is 124 Å². The second kappa shape index (κ2) is 5.22. The molecule has 0 aliphatic heterocycles. The molecule has 0 aliphatic carbocycles. The molecule has 102 valence electrons. The summed E-state index contributed by atoms with van der Waals surface area (Å²) in [6.45, 7) is 1.80. The van der Waals surface area contributed by atoms with Crippen LogP contribution in [0.25, 0.3) is 10.8 Å². The summed E-state index contributed by atoms with van der Waals surface area (Å²) in [6.07, 6.45) is 0. The molecule has 6 heteroatoms. The van der Waals surface area contributed by atoms with Crippen LogP contribution in [0, 0.1) is 0 Å². The Hall–Kier alpha value is -1.92. The number of nitrogens with two attached hydrogens (primary N) is 1. The molecule has 1 unspecified atom stereocenters. The first kappa shape index (κ1) is 13.1. The summed E-state index contributed by atoms with van der Waals surface area (Å²) < 4.78 is 6.50. The Kier molecular flexibility index (Phi) is 3.42. The SMILES string of the molecule is CC(N)c1nnc(Nc2ccc(Br)c3ccccc23)o1. The summed E-state index contributed by atoms with van der Waals surface area (Å²) in [5.74, 6) is 0.411. The molecule has 1 aromatic heterocycles. The highest BCUT2D eigenvalue weighted by Crippen LogP contribution is 2.31. The second-order valence-electron chi connectivity index (χ2n) is 4.50. The number of halogens is 1. The fraction of sp³-hybridized carbons (Fsp3) is 0.143. The molecule has 0 saturated heterocycles. The summed E-state index contributed by atoms with van der Waals surface area (Å²) in [5.41, 5.74) is 6.61. The van der Waals surface area contributed by atoms with E-state index in [-0.39, 0.29) is 6.04 Å². The van der Waals surface area contributed by atoms with Gasteiger partial charge in [0.2, 0.25) is 5.89 Å². The van der Waals surface area contributed by atoms with Crippen LogP contribution in [0.5, 0.6) is 0 Å². The fourth-order valence-corrected chi connectivity index (χ4v) is 2.43. The van der Waals surface area contributed by atoms with Crippen molar-refractivity contribution in [1.29, 1.82) is 0 Å². The van der Waals surface area contributed by atoms with Crippen molar-refractivity contribution in [2.45, 2.75) is 13.0 Å². The molecule has 5 nitrogen and oxygen atoms in total. The fourth-order valence-electron chi connectivity index (χ4n) is 1.96. The van der Waals surface area contributed by atoms with Crippen molar-refractivity contribution in [1.82, 2.24) is 10.2 Å². The normalized spacial score (nSPS) is 12.6. The maximum absolute atomic E-state index is 5.70. The van der Waals surface area contributed by atoms with E-state index in [1.54, 1.807) is 6.92 Å². The summed E-state index contributed by atoms with van der Waals surface area (Å²) >= 11 is 3.54. The van der Waals surface area contributed by atoms with Crippen LogP contribution in [0.1, 0.15) is 18.9 Å². The summed E-state index contributed by atoms with van der Waals surface area (Å²) in [6, 6.07) is 12.1. The molecule has 0 amide bonds. The van der Waals surface area contributed by atoms with Crippen LogP contribution in [0.3, 0.4) is 0 Å². The lowest BCUT2D eigenvalue weighted by Gasteiger charge is -2.07. The molecule has 1 atom stereocenters. The molecular weight excluding hydrogens is 320 g/mol. The zero-order valence-electron chi connectivity index (χ0n) is 10.8. The van der Waals surface area contributed by atoms with Crippen molar-refractivity contribution < 1.29 is 4.42 Å². The van der Waals surface area contributed by atoms with Gasteiger partial charge in [0.25, 0.3) is 0 Å². The monoisotopic (exact) mass is 332 g/mol. The van der Waals surface area contributed by atoms with Crippen LogP contribution in [-0.4, -0.2) is 10.2 Å². The maximum atomic E-state index is 5.70. The highest BCUT2D eigenvalue weighted by atomic mass is 79.9. The van der Waals surface area contributed by atoms with Crippen molar-refractivity contribution in [2.24, 2.45) is 5.73 Å². The molecule has 0 fully saturated rings. The van der Waals surface area contributed by atoms with Gasteiger partial charge in [0, 0.05) is 9.86 Å². The van der Waals surface area contributed by atoms with Gasteiger partial charge in [0.15, 0.2) is 0 Å². The van der Waals surface area contributed by atoms with E-state index in [0.717, 1.165) is 20.9 Å². The van der Waals surface area contributed by atoms with E-state index in [2.05, 4.69) is 31.4 Å². The number of anilines is 2. The first-order valence-corrected chi connectivity index (χ1v) is 6.97. The summed E-state index contributed by atoms with van der Waals surface area (Å²) in [7, 11) is 0. The third-order valence-electron chi connectivity index (χ3n) is 2.94. The predicted molar refractivity (Wildman–Crippen MR) is 81.8 cm³/mol. The largest absolute Gasteiger partial charge is 0.406 e. The molecule has 20 heavy (non-hydrogen) atoms. The molecule has 1 heterocycles. The third-order valence-corrected chi connectivity index (χ3v) is 3.63. The average Bonchev–Trinajstić information content (AvgIpc) is 2.91. The van der Waals surface area contributed by atoms with Crippen molar-refractivity contribution in [2.75, 3.05) is 5.32 Å². The van der Waals surface area contributed by atoms with Crippen LogP contribution >= 0.6 is 15.9 Å². The molecule has 0 saturated carbocycles. The predicted octanol–water partition coefficient (Wildman–Crippen LogP) is 3.75. The highest BCUT2D eigenvalue weighted by Gasteiger charge is 2.11. The number of nitrogens with zero attached hydrogens (tertiary/aromatic N) is 2. The number of aromatic nitrogens is 2. The van der Waals surface area contributed by atoms with E-state index in [1.807, 2.05) is 36.4 Å². The lowest BCUT2D eigenvalue weighted by Crippen LogP contribution is -2.04. The van der Waals surface area contributed by atoms with E-state index in [4.69, 9.17) is 10.2 Å². The Morgan fingerprint density at radius 2 is 1.90 bits per heavy atom. The zero-order chi connectivity index (χ0) is 14.1. The molecule has 0 radical (unpaired) electrons. The lowest BCUT2D eigenvalue weighted by atomic mass is 10.1. The molecule has 3 rings (SSSR count). The van der Waals surface area contributed by atoms with Crippen LogP contribution in [-0.2, 0) is 0 Å². The van der Waals surface area contributed by atoms with E-state index in [1.165, 1.54) is 0 Å². The molecule has 0 bridgehead atoms. The number of hydrogen-bond donors (Lipinski definition) is 2. The number of nitrogens with one attached hydrogen (secondary N) is 1. The third kappa shape index (κ3) is 2.39. The minimum atomic E-state index is -0.278. The minimum Gasteiger partial charge on any atom is -0.406 e. The molecule has 3 aromatic rings. The highest BCUT2D eigenvalue weighted by molar-refractivity contribution is 9.10. The number of hydrogen-bond acceptors (Lipinski definition) is 5. The smallest absolute Gasteiger partial charge is 0.320 e. The molecular formula is C14H13BrN4O. The van der Waals surface area contributed by atoms with Gasteiger partial charge in [-0.3, -0.25) is 0 Å². The quantitative estimate of drug-likeness (QED) is 0.763. The Balaban J connectivity index is 2.00. The lowest BCUT2D eigenvalue weighted by molar-refractivity contribution is 0.476. The minimum absolute atomic E-state index is 0.278. The Morgan fingerprint density at radius 3 is 2.60 bits per heavy atom. The summed E-state index contributed by atoms with van der Waals surface area (Å²) in [4.78, 5) is 0. The first-order valence-electron chi connectivity index (χ1n) is 6.18. The zero-order valence-corrected chi connectivity index (χ0v) is 12.4. The number of fused-ring (bicyclic) bond motifs is 1. The van der Waals surface area contributed by atoms with Gasteiger partial charge in [0.1, 0.15) is 0 Å². The number of rotatable bonds is 3. The van der Waals surface area contributed by atoms with Gasteiger partial charge in [-0.1, -0.05) is 45.3 Å². The van der Waals surface area contributed by atoms with Crippen molar-refractivity contribution in [3.05, 3.63) is 46.8 Å². The van der Waals surface area contributed by atoms with Gasteiger partial charge in [-0.05, 0) is 24.4 Å². The first-order chi connectivity index (χ1) is 9.65. The van der Waals surface area contributed by atoms with Gasteiger partial charge in [-0.25, -0.2) is 0 Å². The molecule has 2 aromatic carbocycles. The van der Waals surface area contributed by atoms with Gasteiger partial charge in [-0.15, -0.1) is 5.10 Å². The average molecular weight is 333 g/mol. The Morgan fingerprint density at radius 1 is 1.15 bits per heavy atom. The Bertz CT molecular complexity index is 754. The van der Waals surface area contributed by atoms with Gasteiger partial charge in [0.05, 0.1) is 11.7 Å². The summed E-state index contributed by atoms with van der Waals surface area (Å²) in [5, 5.41) is 13.2. The van der Waals surface area contributed by atoms with Crippen molar-refractivity contribution >= 4 is 38.4 Å². The maximum Gasteiger partial charge on any atom is 0.320 e.